The molecule has 1 aliphatic rings. The normalized spacial score (nSPS) is 12.7. The van der Waals surface area contributed by atoms with Gasteiger partial charge in [0.25, 0.3) is 5.91 Å². The van der Waals surface area contributed by atoms with Crippen LogP contribution in [0.1, 0.15) is 27.9 Å². The van der Waals surface area contributed by atoms with Gasteiger partial charge in [-0.2, -0.15) is 0 Å². The molecule has 5 rings (SSSR count). The molecule has 1 aliphatic heterocycles. The van der Waals surface area contributed by atoms with E-state index in [1.54, 1.807) is 30.3 Å². The van der Waals surface area contributed by atoms with Crippen LogP contribution in [0.25, 0.3) is 22.9 Å². The Balaban J connectivity index is 1.30. The van der Waals surface area contributed by atoms with E-state index in [4.69, 9.17) is 4.42 Å². The van der Waals surface area contributed by atoms with Crippen LogP contribution in [0.3, 0.4) is 0 Å². The Kier molecular flexibility index (Phi) is 4.99. The molecule has 0 radical (unpaired) electrons. The molecule has 3 aromatic carbocycles. The lowest BCUT2D eigenvalue weighted by atomic mass is 10.0. The van der Waals surface area contributed by atoms with Crippen molar-refractivity contribution in [1.29, 1.82) is 0 Å². The van der Waals surface area contributed by atoms with Gasteiger partial charge in [0.1, 0.15) is 0 Å². The molecule has 0 bridgehead atoms. The number of carbonyl (C=O) groups is 2. The van der Waals surface area contributed by atoms with Gasteiger partial charge in [0, 0.05) is 34.5 Å². The summed E-state index contributed by atoms with van der Waals surface area (Å²) in [6.45, 7) is 1.99. The Hall–Kier alpha value is -4.26. The number of rotatable bonds is 4. The third-order valence-electron chi connectivity index (χ3n) is 5.45. The maximum absolute atomic E-state index is 12.7. The van der Waals surface area contributed by atoms with Gasteiger partial charge >= 0.3 is 0 Å². The van der Waals surface area contributed by atoms with Gasteiger partial charge in [-0.1, -0.05) is 18.2 Å². The summed E-state index contributed by atoms with van der Waals surface area (Å²) in [6, 6.07) is 20.3. The summed E-state index contributed by atoms with van der Waals surface area (Å²) in [4.78, 5) is 24.2. The third kappa shape index (κ3) is 3.88. The first-order valence-corrected chi connectivity index (χ1v) is 10.3. The molecule has 0 spiro atoms. The van der Waals surface area contributed by atoms with E-state index in [-0.39, 0.29) is 11.8 Å². The van der Waals surface area contributed by atoms with E-state index in [9.17, 15) is 9.59 Å². The molecular weight excluding hydrogens is 404 g/mol. The third-order valence-corrected chi connectivity index (χ3v) is 5.45. The maximum Gasteiger partial charge on any atom is 0.255 e. The fourth-order valence-corrected chi connectivity index (χ4v) is 3.69. The van der Waals surface area contributed by atoms with E-state index in [0.717, 1.165) is 27.9 Å². The second-order valence-corrected chi connectivity index (χ2v) is 7.68. The van der Waals surface area contributed by atoms with Gasteiger partial charge in [0.05, 0.1) is 0 Å². The number of benzene rings is 3. The Morgan fingerprint density at radius 3 is 2.56 bits per heavy atom. The quantitative estimate of drug-likeness (QED) is 0.488. The summed E-state index contributed by atoms with van der Waals surface area (Å²) in [5.74, 6) is 0.652. The SMILES string of the molecule is Cc1ccccc1-c1nnc(-c2ccc(C(=O)Nc3ccc4c(c3)CCC(=O)N4)cc2)o1. The highest BCUT2D eigenvalue weighted by atomic mass is 16.4. The number of hydrogen-bond donors (Lipinski definition) is 2. The number of nitrogens with zero attached hydrogens (tertiary/aromatic N) is 2. The van der Waals surface area contributed by atoms with E-state index in [1.807, 2.05) is 43.3 Å². The van der Waals surface area contributed by atoms with E-state index in [0.29, 0.717) is 35.9 Å². The van der Waals surface area contributed by atoms with Crippen LogP contribution in [0.5, 0.6) is 0 Å². The van der Waals surface area contributed by atoms with Crippen LogP contribution < -0.4 is 10.6 Å². The minimum atomic E-state index is -0.220. The molecule has 32 heavy (non-hydrogen) atoms. The highest BCUT2D eigenvalue weighted by molar-refractivity contribution is 6.05. The van der Waals surface area contributed by atoms with Crippen molar-refractivity contribution in [3.63, 3.8) is 0 Å². The Labute approximate surface area is 184 Å². The molecule has 1 aromatic heterocycles. The number of hydrogen-bond acceptors (Lipinski definition) is 5. The molecule has 2 amide bonds. The maximum atomic E-state index is 12.7. The van der Waals surface area contributed by atoms with Crippen LogP contribution in [-0.2, 0) is 11.2 Å². The predicted octanol–water partition coefficient (Wildman–Crippen LogP) is 4.85. The van der Waals surface area contributed by atoms with Gasteiger partial charge in [-0.25, -0.2) is 0 Å². The average molecular weight is 424 g/mol. The molecule has 0 aliphatic carbocycles. The molecule has 0 saturated carbocycles. The van der Waals surface area contributed by atoms with Gasteiger partial charge < -0.3 is 15.1 Å². The first-order chi connectivity index (χ1) is 15.6. The van der Waals surface area contributed by atoms with Crippen LogP contribution in [0.15, 0.2) is 71.1 Å². The minimum absolute atomic E-state index is 0.0154. The fraction of sp³-hybridized carbons (Fsp3) is 0.120. The molecule has 0 unspecified atom stereocenters. The molecule has 0 atom stereocenters. The lowest BCUT2D eigenvalue weighted by Crippen LogP contribution is -2.19. The zero-order valence-corrected chi connectivity index (χ0v) is 17.4. The first kappa shape index (κ1) is 19.7. The van der Waals surface area contributed by atoms with Crippen molar-refractivity contribution in [1.82, 2.24) is 10.2 Å². The van der Waals surface area contributed by atoms with Crippen LogP contribution in [-0.4, -0.2) is 22.0 Å². The molecule has 0 saturated heterocycles. The van der Waals surface area contributed by atoms with E-state index in [1.165, 1.54) is 0 Å². The first-order valence-electron chi connectivity index (χ1n) is 10.3. The molecule has 7 heteroatoms. The summed E-state index contributed by atoms with van der Waals surface area (Å²) in [5, 5.41) is 14.0. The number of aromatic nitrogens is 2. The van der Waals surface area contributed by atoms with E-state index >= 15 is 0 Å². The number of amides is 2. The van der Waals surface area contributed by atoms with Crippen molar-refractivity contribution in [2.24, 2.45) is 0 Å². The Morgan fingerprint density at radius 2 is 1.75 bits per heavy atom. The van der Waals surface area contributed by atoms with Crippen LogP contribution in [0.4, 0.5) is 11.4 Å². The molecule has 2 N–H and O–H groups in total. The van der Waals surface area contributed by atoms with Gasteiger partial charge in [0.15, 0.2) is 0 Å². The predicted molar refractivity (Wildman–Crippen MR) is 121 cm³/mol. The second-order valence-electron chi connectivity index (χ2n) is 7.68. The van der Waals surface area contributed by atoms with Crippen molar-refractivity contribution in [3.8, 4) is 22.9 Å². The van der Waals surface area contributed by atoms with E-state index < -0.39 is 0 Å². The Morgan fingerprint density at radius 1 is 0.969 bits per heavy atom. The van der Waals surface area contributed by atoms with Crippen molar-refractivity contribution in [3.05, 3.63) is 83.4 Å². The Bertz CT molecular complexity index is 1330. The number of nitrogens with one attached hydrogen (secondary N) is 2. The van der Waals surface area contributed by atoms with E-state index in [2.05, 4.69) is 20.8 Å². The smallest absolute Gasteiger partial charge is 0.255 e. The molecule has 4 aromatic rings. The zero-order chi connectivity index (χ0) is 22.1. The van der Waals surface area contributed by atoms with Crippen molar-refractivity contribution < 1.29 is 14.0 Å². The fourth-order valence-electron chi connectivity index (χ4n) is 3.69. The second kappa shape index (κ2) is 8.11. The number of fused-ring (bicyclic) bond motifs is 1. The largest absolute Gasteiger partial charge is 0.416 e. The van der Waals surface area contributed by atoms with Crippen LogP contribution in [0, 0.1) is 6.92 Å². The highest BCUT2D eigenvalue weighted by Crippen LogP contribution is 2.27. The molecule has 7 nitrogen and oxygen atoms in total. The molecule has 158 valence electrons. The standard InChI is InChI=1S/C25H20N4O3/c1-15-4-2-3-5-20(15)25-29-28-24(32-25)17-8-6-16(7-9-17)23(31)26-19-11-12-21-18(14-19)10-13-22(30)27-21/h2-9,11-12,14H,10,13H2,1H3,(H,26,31)(H,27,30). The lowest BCUT2D eigenvalue weighted by molar-refractivity contribution is -0.116. The molecular formula is C25H20N4O3. The molecule has 0 fully saturated rings. The average Bonchev–Trinajstić information content (AvgIpc) is 3.29. The number of anilines is 2. The summed E-state index contributed by atoms with van der Waals surface area (Å²) < 4.78 is 5.84. The van der Waals surface area contributed by atoms with Gasteiger partial charge in [0.2, 0.25) is 17.7 Å². The summed E-state index contributed by atoms with van der Waals surface area (Å²) in [7, 11) is 0. The van der Waals surface area contributed by atoms with Gasteiger partial charge in [-0.05, 0) is 73.0 Å². The summed E-state index contributed by atoms with van der Waals surface area (Å²) in [6.07, 6.45) is 1.11. The van der Waals surface area contributed by atoms with Gasteiger partial charge in [-0.3, -0.25) is 9.59 Å². The van der Waals surface area contributed by atoms with Crippen molar-refractivity contribution >= 4 is 23.2 Å². The topological polar surface area (TPSA) is 97.1 Å². The summed E-state index contributed by atoms with van der Waals surface area (Å²) >= 11 is 0. The lowest BCUT2D eigenvalue weighted by Gasteiger charge is -2.17. The van der Waals surface area contributed by atoms with Gasteiger partial charge in [-0.15, -0.1) is 10.2 Å². The minimum Gasteiger partial charge on any atom is -0.416 e. The highest BCUT2D eigenvalue weighted by Gasteiger charge is 2.16. The monoisotopic (exact) mass is 424 g/mol. The number of aryl methyl sites for hydroxylation is 2. The van der Waals surface area contributed by atoms with Crippen LogP contribution >= 0.6 is 0 Å². The summed E-state index contributed by atoms with van der Waals surface area (Å²) in [5.41, 5.74) is 5.70. The number of carbonyl (C=O) groups excluding carboxylic acids is 2. The zero-order valence-electron chi connectivity index (χ0n) is 17.4. The van der Waals surface area contributed by atoms with Crippen molar-refractivity contribution in [2.45, 2.75) is 19.8 Å². The van der Waals surface area contributed by atoms with Crippen LogP contribution in [0.2, 0.25) is 0 Å². The van der Waals surface area contributed by atoms with Crippen molar-refractivity contribution in [2.75, 3.05) is 10.6 Å². The molecule has 2 heterocycles.